The van der Waals surface area contributed by atoms with Gasteiger partial charge < -0.3 is 19.3 Å². The van der Waals surface area contributed by atoms with Crippen LogP contribution in [0, 0.1) is 25.2 Å². The zero-order valence-corrected chi connectivity index (χ0v) is 13.6. The number of rotatable bonds is 7. The molecule has 6 heteroatoms. The summed E-state index contributed by atoms with van der Waals surface area (Å²) in [6.45, 7) is 5.32. The number of nitriles is 1. The van der Waals surface area contributed by atoms with Crippen molar-refractivity contribution >= 4 is 12.0 Å². The Labute approximate surface area is 131 Å². The van der Waals surface area contributed by atoms with Crippen molar-refractivity contribution in [3.63, 3.8) is 0 Å². The lowest BCUT2D eigenvalue weighted by Gasteiger charge is -2.14. The predicted molar refractivity (Wildman–Crippen MR) is 84.1 cm³/mol. The molecule has 1 rings (SSSR count). The fourth-order valence-electron chi connectivity index (χ4n) is 2.26. The van der Waals surface area contributed by atoms with Crippen LogP contribution < -0.4 is 0 Å². The molecule has 120 valence electrons. The van der Waals surface area contributed by atoms with Crippen LogP contribution in [0.5, 0.6) is 0 Å². The average molecular weight is 305 g/mol. The van der Waals surface area contributed by atoms with Gasteiger partial charge in [0.25, 0.3) is 5.91 Å². The largest absolute Gasteiger partial charge is 0.395 e. The molecule has 0 atom stereocenters. The fourth-order valence-corrected chi connectivity index (χ4v) is 2.26. The second-order valence-corrected chi connectivity index (χ2v) is 5.09. The number of carbonyl (C=O) groups excluding carboxylic acids is 1. The number of carbonyl (C=O) groups is 1. The number of amides is 1. The summed E-state index contributed by atoms with van der Waals surface area (Å²) >= 11 is 0. The highest BCUT2D eigenvalue weighted by Gasteiger charge is 2.16. The molecule has 22 heavy (non-hydrogen) atoms. The molecule has 0 aliphatic carbocycles. The van der Waals surface area contributed by atoms with Crippen molar-refractivity contribution in [2.24, 2.45) is 0 Å². The quantitative estimate of drug-likeness (QED) is 0.604. The van der Waals surface area contributed by atoms with Gasteiger partial charge in [-0.15, -0.1) is 0 Å². The molecule has 0 unspecified atom stereocenters. The van der Waals surface area contributed by atoms with Gasteiger partial charge in [0.1, 0.15) is 11.6 Å². The van der Waals surface area contributed by atoms with E-state index in [1.807, 2.05) is 26.0 Å². The molecule has 0 spiro atoms. The lowest BCUT2D eigenvalue weighted by molar-refractivity contribution is -0.125. The Morgan fingerprint density at radius 1 is 1.55 bits per heavy atom. The van der Waals surface area contributed by atoms with E-state index in [-0.39, 0.29) is 18.7 Å². The summed E-state index contributed by atoms with van der Waals surface area (Å²) in [6, 6.07) is 3.89. The van der Waals surface area contributed by atoms with Gasteiger partial charge in [0.2, 0.25) is 0 Å². The van der Waals surface area contributed by atoms with Crippen molar-refractivity contribution in [3.05, 3.63) is 28.6 Å². The second-order valence-electron chi connectivity index (χ2n) is 5.09. The molecule has 1 N–H and O–H groups in total. The number of aromatic nitrogens is 1. The van der Waals surface area contributed by atoms with Gasteiger partial charge in [-0.1, -0.05) is 0 Å². The van der Waals surface area contributed by atoms with Gasteiger partial charge >= 0.3 is 0 Å². The van der Waals surface area contributed by atoms with E-state index in [0.717, 1.165) is 23.5 Å². The van der Waals surface area contributed by atoms with Crippen molar-refractivity contribution in [3.8, 4) is 6.07 Å². The molecule has 0 aromatic carbocycles. The molecular formula is C16H23N3O3. The smallest absolute Gasteiger partial charge is 0.264 e. The number of aliphatic hydroxyl groups is 1. The van der Waals surface area contributed by atoms with Crippen LogP contribution in [0.1, 0.15) is 17.0 Å². The summed E-state index contributed by atoms with van der Waals surface area (Å²) in [5, 5.41) is 18.1. The lowest BCUT2D eigenvalue weighted by Crippen LogP contribution is -2.30. The average Bonchev–Trinajstić information content (AvgIpc) is 2.76. The zero-order chi connectivity index (χ0) is 16.7. The summed E-state index contributed by atoms with van der Waals surface area (Å²) < 4.78 is 7.18. The highest BCUT2D eigenvalue weighted by molar-refractivity contribution is 6.01. The Balaban J connectivity index is 3.09. The van der Waals surface area contributed by atoms with Crippen LogP contribution in [0.4, 0.5) is 0 Å². The third-order valence-electron chi connectivity index (χ3n) is 3.56. The van der Waals surface area contributed by atoms with Gasteiger partial charge in [-0.3, -0.25) is 4.79 Å². The molecule has 6 nitrogen and oxygen atoms in total. The number of aliphatic hydroxyl groups excluding tert-OH is 1. The van der Waals surface area contributed by atoms with Crippen molar-refractivity contribution in [1.29, 1.82) is 5.26 Å². The molecule has 0 aliphatic heterocycles. The van der Waals surface area contributed by atoms with Crippen LogP contribution in [0.3, 0.4) is 0 Å². The molecule has 0 saturated carbocycles. The van der Waals surface area contributed by atoms with E-state index >= 15 is 0 Å². The van der Waals surface area contributed by atoms with Crippen LogP contribution in [0.2, 0.25) is 0 Å². The summed E-state index contributed by atoms with van der Waals surface area (Å²) in [5.41, 5.74) is 2.94. The van der Waals surface area contributed by atoms with Crippen LogP contribution in [-0.2, 0) is 16.1 Å². The van der Waals surface area contributed by atoms with E-state index in [1.54, 1.807) is 20.2 Å². The number of aryl methyl sites for hydroxylation is 1. The number of ether oxygens (including phenoxy) is 1. The van der Waals surface area contributed by atoms with Gasteiger partial charge in [-0.05, 0) is 31.6 Å². The maximum atomic E-state index is 12.1. The topological polar surface area (TPSA) is 78.5 Å². The number of likely N-dealkylation sites (N-methyl/N-ethyl adjacent to an activating group) is 1. The van der Waals surface area contributed by atoms with Gasteiger partial charge in [-0.2, -0.15) is 5.26 Å². The van der Waals surface area contributed by atoms with E-state index < -0.39 is 5.91 Å². The molecule has 0 radical (unpaired) electrons. The molecular weight excluding hydrogens is 282 g/mol. The van der Waals surface area contributed by atoms with Crippen molar-refractivity contribution in [2.75, 3.05) is 33.9 Å². The third kappa shape index (κ3) is 4.20. The van der Waals surface area contributed by atoms with E-state index in [2.05, 4.69) is 4.57 Å². The van der Waals surface area contributed by atoms with E-state index in [9.17, 15) is 10.1 Å². The normalized spacial score (nSPS) is 11.4. The number of hydrogen-bond donors (Lipinski definition) is 1. The zero-order valence-electron chi connectivity index (χ0n) is 13.6. The molecule has 1 heterocycles. The summed E-state index contributed by atoms with van der Waals surface area (Å²) in [5.74, 6) is -0.391. The van der Waals surface area contributed by atoms with Crippen molar-refractivity contribution in [1.82, 2.24) is 9.47 Å². The first-order valence-electron chi connectivity index (χ1n) is 7.10. The van der Waals surface area contributed by atoms with Crippen molar-refractivity contribution < 1.29 is 14.6 Å². The van der Waals surface area contributed by atoms with Crippen LogP contribution in [0.15, 0.2) is 11.6 Å². The monoisotopic (exact) mass is 305 g/mol. The first kappa shape index (κ1) is 18.0. The lowest BCUT2D eigenvalue weighted by atomic mass is 10.1. The van der Waals surface area contributed by atoms with Crippen LogP contribution in [-0.4, -0.2) is 54.4 Å². The Morgan fingerprint density at radius 2 is 2.23 bits per heavy atom. The maximum absolute atomic E-state index is 12.1. The highest BCUT2D eigenvalue weighted by atomic mass is 16.5. The summed E-state index contributed by atoms with van der Waals surface area (Å²) in [4.78, 5) is 13.5. The van der Waals surface area contributed by atoms with Gasteiger partial charge in [-0.25, -0.2) is 0 Å². The van der Waals surface area contributed by atoms with Crippen LogP contribution >= 0.6 is 0 Å². The molecule has 0 aliphatic rings. The number of hydrogen-bond acceptors (Lipinski definition) is 4. The standard InChI is InChI=1S/C16H23N3O3/c1-12-9-14(13(2)19(12)6-8-22-4)10-15(11-17)16(21)18(3)5-7-20/h9-10,20H,5-8H2,1-4H3/b15-10-. The Kier molecular flexibility index (Phi) is 6.83. The van der Waals surface area contributed by atoms with Crippen molar-refractivity contribution in [2.45, 2.75) is 20.4 Å². The number of methoxy groups -OCH3 is 1. The molecule has 1 aromatic heterocycles. The summed E-state index contributed by atoms with van der Waals surface area (Å²) in [6.07, 6.45) is 1.60. The summed E-state index contributed by atoms with van der Waals surface area (Å²) in [7, 11) is 3.21. The van der Waals surface area contributed by atoms with E-state index in [1.165, 1.54) is 4.90 Å². The van der Waals surface area contributed by atoms with E-state index in [0.29, 0.717) is 6.61 Å². The SMILES string of the molecule is COCCn1c(C)cc(/C=C(/C#N)C(=O)N(C)CCO)c1C. The first-order chi connectivity index (χ1) is 10.5. The minimum atomic E-state index is -0.391. The molecule has 1 amide bonds. The third-order valence-corrected chi connectivity index (χ3v) is 3.56. The first-order valence-corrected chi connectivity index (χ1v) is 7.10. The predicted octanol–water partition coefficient (Wildman–Crippen LogP) is 1.11. The minimum Gasteiger partial charge on any atom is -0.395 e. The second kappa shape index (κ2) is 8.37. The highest BCUT2D eigenvalue weighted by Crippen LogP contribution is 2.18. The Bertz CT molecular complexity index is 597. The minimum absolute atomic E-state index is 0.0583. The molecule has 0 saturated heterocycles. The Morgan fingerprint density at radius 3 is 2.77 bits per heavy atom. The fraction of sp³-hybridized carbons (Fsp3) is 0.500. The van der Waals surface area contributed by atoms with Gasteiger partial charge in [0.05, 0.1) is 13.2 Å². The van der Waals surface area contributed by atoms with E-state index in [4.69, 9.17) is 9.84 Å². The molecule has 1 aromatic rings. The van der Waals surface area contributed by atoms with Crippen LogP contribution in [0.25, 0.3) is 6.08 Å². The number of nitrogens with zero attached hydrogens (tertiary/aromatic N) is 3. The molecule has 0 fully saturated rings. The molecule has 0 bridgehead atoms. The van der Waals surface area contributed by atoms with Gasteiger partial charge in [0.15, 0.2) is 0 Å². The Hall–Kier alpha value is -2.10. The van der Waals surface area contributed by atoms with Gasteiger partial charge in [0, 0.05) is 38.6 Å². The maximum Gasteiger partial charge on any atom is 0.264 e.